The molecule has 31 heavy (non-hydrogen) atoms. The van der Waals surface area contributed by atoms with Gasteiger partial charge in [-0.2, -0.15) is 5.10 Å². The number of carbonyl (C=O) groups is 1. The van der Waals surface area contributed by atoms with Crippen molar-refractivity contribution in [3.05, 3.63) is 53.3 Å². The number of nitrogens with two attached hydrogens (primary N) is 1. The lowest BCUT2D eigenvalue weighted by Crippen LogP contribution is -2.32. The summed E-state index contributed by atoms with van der Waals surface area (Å²) < 4.78 is 31.0. The highest BCUT2D eigenvalue weighted by molar-refractivity contribution is 6.03. The van der Waals surface area contributed by atoms with E-state index in [4.69, 9.17) is 19.9 Å². The summed E-state index contributed by atoms with van der Waals surface area (Å²) in [5.74, 6) is 0.422. The number of benzene rings is 2. The molecule has 2 N–H and O–H groups in total. The molecule has 1 atom stereocenters. The first-order chi connectivity index (χ1) is 14.9. The summed E-state index contributed by atoms with van der Waals surface area (Å²) in [6.45, 7) is 4.86. The van der Waals surface area contributed by atoms with Crippen LogP contribution >= 0.6 is 0 Å². The Labute approximate surface area is 181 Å². The van der Waals surface area contributed by atoms with Crippen LogP contribution in [0.25, 0.3) is 0 Å². The fourth-order valence-electron chi connectivity index (χ4n) is 3.24. The second kappa shape index (κ2) is 10.3. The zero-order valence-electron chi connectivity index (χ0n) is 18.1. The Balaban J connectivity index is 1.81. The number of nitrogens with zero attached hydrogens (tertiary/aromatic N) is 2. The lowest BCUT2D eigenvalue weighted by Gasteiger charge is -2.24. The molecule has 1 heterocycles. The van der Waals surface area contributed by atoms with E-state index in [9.17, 15) is 9.18 Å². The molecular formula is C23H28FN3O4. The normalized spacial score (nSPS) is 14.6. The maximum atomic E-state index is 14.6. The van der Waals surface area contributed by atoms with Gasteiger partial charge in [-0.1, -0.05) is 0 Å². The molecule has 1 unspecified atom stereocenters. The van der Waals surface area contributed by atoms with Crippen molar-refractivity contribution in [1.82, 2.24) is 5.01 Å². The molecule has 0 saturated heterocycles. The maximum Gasteiger partial charge on any atom is 0.276 e. The number of hydrogen-bond donors (Lipinski definition) is 1. The molecule has 2 aromatic carbocycles. The summed E-state index contributed by atoms with van der Waals surface area (Å²) >= 11 is 0. The van der Waals surface area contributed by atoms with Crippen molar-refractivity contribution in [2.75, 3.05) is 26.9 Å². The van der Waals surface area contributed by atoms with Crippen molar-refractivity contribution in [1.29, 1.82) is 0 Å². The SMILES string of the molecule is CCOc1cc(C2=NN(C(=O)c3ccc(OCC(C)N)cc3F)CCC2)ccc1OC. The molecule has 0 fully saturated rings. The van der Waals surface area contributed by atoms with E-state index in [-0.39, 0.29) is 18.2 Å². The molecule has 2 aromatic rings. The quantitative estimate of drug-likeness (QED) is 0.693. The molecule has 0 bridgehead atoms. The van der Waals surface area contributed by atoms with E-state index >= 15 is 0 Å². The van der Waals surface area contributed by atoms with E-state index in [2.05, 4.69) is 5.10 Å². The molecule has 166 valence electrons. The number of ether oxygens (including phenoxy) is 3. The van der Waals surface area contributed by atoms with Crippen LogP contribution < -0.4 is 19.9 Å². The molecule has 1 aliphatic rings. The first kappa shape index (κ1) is 22.6. The van der Waals surface area contributed by atoms with Gasteiger partial charge in [0, 0.05) is 24.2 Å². The Bertz CT molecular complexity index is 962. The van der Waals surface area contributed by atoms with Crippen LogP contribution in [-0.4, -0.2) is 49.5 Å². The van der Waals surface area contributed by atoms with E-state index in [0.717, 1.165) is 17.7 Å². The van der Waals surface area contributed by atoms with Gasteiger partial charge in [0.15, 0.2) is 11.5 Å². The van der Waals surface area contributed by atoms with Gasteiger partial charge in [-0.05, 0) is 57.0 Å². The predicted octanol–water partition coefficient (Wildman–Crippen LogP) is 3.60. The summed E-state index contributed by atoms with van der Waals surface area (Å²) in [5.41, 5.74) is 7.17. The van der Waals surface area contributed by atoms with Gasteiger partial charge in [0.25, 0.3) is 5.91 Å². The number of methoxy groups -OCH3 is 1. The molecule has 7 nitrogen and oxygen atoms in total. The summed E-state index contributed by atoms with van der Waals surface area (Å²) in [6.07, 6.45) is 1.42. The monoisotopic (exact) mass is 429 g/mol. The second-order valence-electron chi connectivity index (χ2n) is 7.31. The highest BCUT2D eigenvalue weighted by atomic mass is 19.1. The van der Waals surface area contributed by atoms with Crippen LogP contribution in [0.2, 0.25) is 0 Å². The van der Waals surface area contributed by atoms with Crippen LogP contribution in [0.3, 0.4) is 0 Å². The van der Waals surface area contributed by atoms with Crippen LogP contribution in [0, 0.1) is 5.82 Å². The molecule has 0 aliphatic carbocycles. The van der Waals surface area contributed by atoms with Gasteiger partial charge in [-0.15, -0.1) is 0 Å². The van der Waals surface area contributed by atoms with Gasteiger partial charge < -0.3 is 19.9 Å². The number of hydrazone groups is 1. The fourth-order valence-corrected chi connectivity index (χ4v) is 3.24. The van der Waals surface area contributed by atoms with E-state index in [1.54, 1.807) is 20.1 Å². The Morgan fingerprint density at radius 2 is 2.03 bits per heavy atom. The van der Waals surface area contributed by atoms with E-state index in [1.807, 2.05) is 25.1 Å². The minimum absolute atomic E-state index is 0.0529. The van der Waals surface area contributed by atoms with Gasteiger partial charge in [-0.25, -0.2) is 9.40 Å². The average Bonchev–Trinajstić information content (AvgIpc) is 2.77. The number of carbonyl (C=O) groups excluding carboxylic acids is 1. The fraction of sp³-hybridized carbons (Fsp3) is 0.391. The molecule has 0 spiro atoms. The van der Waals surface area contributed by atoms with Gasteiger partial charge in [-0.3, -0.25) is 4.79 Å². The van der Waals surface area contributed by atoms with Crippen molar-refractivity contribution < 1.29 is 23.4 Å². The van der Waals surface area contributed by atoms with E-state index in [1.165, 1.54) is 17.1 Å². The van der Waals surface area contributed by atoms with Crippen LogP contribution in [0.5, 0.6) is 17.2 Å². The Morgan fingerprint density at radius 1 is 1.23 bits per heavy atom. The van der Waals surface area contributed by atoms with Gasteiger partial charge >= 0.3 is 0 Å². The zero-order chi connectivity index (χ0) is 22.4. The first-order valence-corrected chi connectivity index (χ1v) is 10.3. The molecule has 1 amide bonds. The zero-order valence-corrected chi connectivity index (χ0v) is 18.1. The third-order valence-electron chi connectivity index (χ3n) is 4.74. The summed E-state index contributed by atoms with van der Waals surface area (Å²) in [5, 5.41) is 5.81. The Hall–Kier alpha value is -3.13. The van der Waals surface area contributed by atoms with Crippen LogP contribution in [0.4, 0.5) is 4.39 Å². The maximum absolute atomic E-state index is 14.6. The number of amides is 1. The average molecular weight is 429 g/mol. The first-order valence-electron chi connectivity index (χ1n) is 10.3. The van der Waals surface area contributed by atoms with Crippen LogP contribution in [0.1, 0.15) is 42.6 Å². The molecule has 8 heteroatoms. The third-order valence-corrected chi connectivity index (χ3v) is 4.74. The van der Waals surface area contributed by atoms with Gasteiger partial charge in [0.05, 0.1) is 25.0 Å². The Kier molecular flexibility index (Phi) is 7.46. The summed E-state index contributed by atoms with van der Waals surface area (Å²) in [6, 6.07) is 9.53. The van der Waals surface area contributed by atoms with Crippen molar-refractivity contribution in [2.24, 2.45) is 10.8 Å². The van der Waals surface area contributed by atoms with Crippen molar-refractivity contribution in [2.45, 2.75) is 32.7 Å². The van der Waals surface area contributed by atoms with Crippen molar-refractivity contribution in [3.8, 4) is 17.2 Å². The van der Waals surface area contributed by atoms with Gasteiger partial charge in [0.1, 0.15) is 18.2 Å². The Morgan fingerprint density at radius 3 is 2.71 bits per heavy atom. The molecule has 0 saturated carbocycles. The third kappa shape index (κ3) is 5.52. The topological polar surface area (TPSA) is 86.4 Å². The van der Waals surface area contributed by atoms with E-state index < -0.39 is 11.7 Å². The van der Waals surface area contributed by atoms with E-state index in [0.29, 0.717) is 36.8 Å². The molecule has 0 radical (unpaired) electrons. The standard InChI is InChI=1S/C23H28FN3O4/c1-4-30-22-12-16(7-10-21(22)29-3)20-6-5-11-27(26-20)23(28)18-9-8-17(13-19(18)24)31-14-15(2)25/h7-10,12-13,15H,4-6,11,14,25H2,1-3H3. The van der Waals surface area contributed by atoms with Crippen LogP contribution in [0.15, 0.2) is 41.5 Å². The number of rotatable bonds is 8. The second-order valence-corrected chi connectivity index (χ2v) is 7.31. The molecule has 1 aliphatic heterocycles. The van der Waals surface area contributed by atoms with Crippen LogP contribution in [-0.2, 0) is 0 Å². The number of hydrogen-bond acceptors (Lipinski definition) is 6. The minimum atomic E-state index is -0.655. The highest BCUT2D eigenvalue weighted by Crippen LogP contribution is 2.30. The highest BCUT2D eigenvalue weighted by Gasteiger charge is 2.24. The minimum Gasteiger partial charge on any atom is -0.493 e. The molecular weight excluding hydrogens is 401 g/mol. The largest absolute Gasteiger partial charge is 0.493 e. The number of halogens is 1. The van der Waals surface area contributed by atoms with Crippen molar-refractivity contribution >= 4 is 11.6 Å². The molecule has 0 aromatic heterocycles. The lowest BCUT2D eigenvalue weighted by atomic mass is 10.0. The molecule has 3 rings (SSSR count). The predicted molar refractivity (Wildman–Crippen MR) is 117 cm³/mol. The summed E-state index contributed by atoms with van der Waals surface area (Å²) in [4.78, 5) is 12.9. The smallest absolute Gasteiger partial charge is 0.276 e. The van der Waals surface area contributed by atoms with Crippen molar-refractivity contribution in [3.63, 3.8) is 0 Å². The lowest BCUT2D eigenvalue weighted by molar-refractivity contribution is 0.0747. The van der Waals surface area contributed by atoms with Gasteiger partial charge in [0.2, 0.25) is 0 Å². The summed E-state index contributed by atoms with van der Waals surface area (Å²) in [7, 11) is 1.58.